The fourth-order valence-electron chi connectivity index (χ4n) is 2.09. The minimum absolute atomic E-state index is 0.00827. The number of nitrogens with zero attached hydrogens (tertiary/aromatic N) is 3. The molecule has 7 nitrogen and oxygen atoms in total. The number of hydrogen-bond acceptors (Lipinski definition) is 4. The Morgan fingerprint density at radius 2 is 2.00 bits per heavy atom. The molecule has 1 aliphatic heterocycles. The lowest BCUT2D eigenvalue weighted by Crippen LogP contribution is -2.45. The summed E-state index contributed by atoms with van der Waals surface area (Å²) in [6.07, 6.45) is 3.50. The molecule has 1 saturated heterocycles. The van der Waals surface area contributed by atoms with Gasteiger partial charge in [-0.1, -0.05) is 0 Å². The molecule has 0 aromatic carbocycles. The molecule has 19 heavy (non-hydrogen) atoms. The maximum absolute atomic E-state index is 12.3. The van der Waals surface area contributed by atoms with Crippen LogP contribution >= 0.6 is 0 Å². The van der Waals surface area contributed by atoms with Crippen molar-refractivity contribution in [3.05, 3.63) is 12.5 Å². The molecule has 0 radical (unpaired) electrons. The van der Waals surface area contributed by atoms with Gasteiger partial charge in [0.2, 0.25) is 0 Å². The average Bonchev–Trinajstić information content (AvgIpc) is 2.77. The fraction of sp³-hybridized carbons (Fsp3) is 0.636. The fourth-order valence-corrected chi connectivity index (χ4v) is 3.50. The molecule has 2 heterocycles. The maximum Gasteiger partial charge on any atom is 0.309 e. The van der Waals surface area contributed by atoms with E-state index in [-0.39, 0.29) is 18.1 Å². The first-order valence-corrected chi connectivity index (χ1v) is 7.41. The number of imidazole rings is 1. The summed E-state index contributed by atoms with van der Waals surface area (Å²) >= 11 is 0. The van der Waals surface area contributed by atoms with Crippen molar-refractivity contribution in [1.82, 2.24) is 13.9 Å². The molecule has 1 N–H and O–H groups in total. The Hall–Kier alpha value is -1.41. The van der Waals surface area contributed by atoms with E-state index in [0.717, 1.165) is 0 Å². The third-order valence-corrected chi connectivity index (χ3v) is 5.41. The second-order valence-corrected chi connectivity index (χ2v) is 7.03. The standard InChI is InChI=1S/C11H17N3O4S/c1-11(10(15)16)3-5-14(6-4-11)19(17,18)9-7-13(2)8-12-9/h7-8H,3-6H2,1-2H3,(H,15,16). The largest absolute Gasteiger partial charge is 0.481 e. The Labute approximate surface area is 111 Å². The summed E-state index contributed by atoms with van der Waals surface area (Å²) in [6, 6.07) is 0. The number of carboxylic acids is 1. The van der Waals surface area contributed by atoms with Gasteiger partial charge in [-0.15, -0.1) is 0 Å². The Morgan fingerprint density at radius 3 is 2.42 bits per heavy atom. The zero-order chi connectivity index (χ0) is 14.3. The number of aliphatic carboxylic acids is 1. The molecule has 0 unspecified atom stereocenters. The molecule has 0 bridgehead atoms. The SMILES string of the molecule is Cn1cnc(S(=O)(=O)N2CCC(C)(C(=O)O)CC2)c1. The van der Waals surface area contributed by atoms with Crippen molar-refractivity contribution in [3.63, 3.8) is 0 Å². The van der Waals surface area contributed by atoms with Crippen LogP contribution in [0.1, 0.15) is 19.8 Å². The van der Waals surface area contributed by atoms with Gasteiger partial charge in [-0.2, -0.15) is 4.31 Å². The number of aromatic nitrogens is 2. The van der Waals surface area contributed by atoms with Gasteiger partial charge in [-0.05, 0) is 19.8 Å². The first-order valence-electron chi connectivity index (χ1n) is 5.97. The first kappa shape index (κ1) is 14.0. The van der Waals surface area contributed by atoms with Crippen LogP contribution < -0.4 is 0 Å². The highest BCUT2D eigenvalue weighted by Gasteiger charge is 2.40. The van der Waals surface area contributed by atoms with Gasteiger partial charge in [0, 0.05) is 26.3 Å². The molecule has 0 atom stereocenters. The molecule has 1 aromatic rings. The molecule has 1 aromatic heterocycles. The van der Waals surface area contributed by atoms with E-state index in [1.54, 1.807) is 18.5 Å². The van der Waals surface area contributed by atoms with Crippen LogP contribution in [0.3, 0.4) is 0 Å². The van der Waals surface area contributed by atoms with Crippen LogP contribution in [0.5, 0.6) is 0 Å². The van der Waals surface area contributed by atoms with Crippen LogP contribution in [0.2, 0.25) is 0 Å². The zero-order valence-electron chi connectivity index (χ0n) is 10.9. The van der Waals surface area contributed by atoms with E-state index in [0.29, 0.717) is 12.8 Å². The molecule has 0 saturated carbocycles. The van der Waals surface area contributed by atoms with Crippen LogP contribution in [0, 0.1) is 5.41 Å². The van der Waals surface area contributed by atoms with E-state index < -0.39 is 21.4 Å². The number of hydrogen-bond donors (Lipinski definition) is 1. The van der Waals surface area contributed by atoms with Crippen LogP contribution in [-0.4, -0.2) is 46.4 Å². The van der Waals surface area contributed by atoms with Crippen molar-refractivity contribution in [2.45, 2.75) is 24.8 Å². The van der Waals surface area contributed by atoms with Gasteiger partial charge in [0.25, 0.3) is 10.0 Å². The molecular weight excluding hydrogens is 270 g/mol. The third-order valence-electron chi connectivity index (χ3n) is 3.63. The lowest BCUT2D eigenvalue weighted by atomic mass is 9.81. The minimum Gasteiger partial charge on any atom is -0.481 e. The summed E-state index contributed by atoms with van der Waals surface area (Å²) in [5.41, 5.74) is -0.837. The number of aryl methyl sites for hydroxylation is 1. The van der Waals surface area contributed by atoms with Crippen LogP contribution in [0.25, 0.3) is 0 Å². The highest BCUT2D eigenvalue weighted by atomic mass is 32.2. The van der Waals surface area contributed by atoms with Crippen molar-refractivity contribution in [2.24, 2.45) is 12.5 Å². The van der Waals surface area contributed by atoms with Crippen molar-refractivity contribution < 1.29 is 18.3 Å². The number of sulfonamides is 1. The first-order chi connectivity index (χ1) is 8.75. The molecule has 1 aliphatic rings. The lowest BCUT2D eigenvalue weighted by Gasteiger charge is -2.35. The van der Waals surface area contributed by atoms with Gasteiger partial charge in [-0.3, -0.25) is 4.79 Å². The van der Waals surface area contributed by atoms with E-state index in [1.807, 2.05) is 0 Å². The predicted octanol–water partition coefficient (Wildman–Crippen LogP) is 0.295. The summed E-state index contributed by atoms with van der Waals surface area (Å²) in [7, 11) is -1.91. The molecule has 1 fully saturated rings. The highest BCUT2D eigenvalue weighted by molar-refractivity contribution is 7.89. The smallest absolute Gasteiger partial charge is 0.309 e. The Kier molecular flexibility index (Phi) is 3.40. The maximum atomic E-state index is 12.3. The average molecular weight is 287 g/mol. The molecule has 0 spiro atoms. The van der Waals surface area contributed by atoms with Crippen LogP contribution in [0.4, 0.5) is 0 Å². The Balaban J connectivity index is 2.16. The number of piperidine rings is 1. The molecule has 106 valence electrons. The topological polar surface area (TPSA) is 92.5 Å². The van der Waals surface area contributed by atoms with Gasteiger partial charge < -0.3 is 9.67 Å². The Bertz CT molecular complexity index is 585. The molecule has 0 aliphatic carbocycles. The van der Waals surface area contributed by atoms with Gasteiger partial charge >= 0.3 is 5.97 Å². The quantitative estimate of drug-likeness (QED) is 0.863. The van der Waals surface area contributed by atoms with Gasteiger partial charge in [0.15, 0.2) is 5.03 Å². The van der Waals surface area contributed by atoms with Gasteiger partial charge in [0.05, 0.1) is 11.7 Å². The number of carbonyl (C=O) groups is 1. The summed E-state index contributed by atoms with van der Waals surface area (Å²) < 4.78 is 27.4. The lowest BCUT2D eigenvalue weighted by molar-refractivity contribution is -0.150. The Morgan fingerprint density at radius 1 is 1.42 bits per heavy atom. The van der Waals surface area contributed by atoms with Crippen molar-refractivity contribution in [3.8, 4) is 0 Å². The van der Waals surface area contributed by atoms with E-state index in [9.17, 15) is 13.2 Å². The molecular formula is C11H17N3O4S. The zero-order valence-corrected chi connectivity index (χ0v) is 11.7. The summed E-state index contributed by atoms with van der Waals surface area (Å²) in [5, 5.41) is 9.13. The summed E-state index contributed by atoms with van der Waals surface area (Å²) in [4.78, 5) is 15.0. The van der Waals surface area contributed by atoms with E-state index >= 15 is 0 Å². The second-order valence-electron chi connectivity index (χ2n) is 5.15. The predicted molar refractivity (Wildman–Crippen MR) is 66.9 cm³/mol. The second kappa shape index (κ2) is 4.61. The monoisotopic (exact) mass is 287 g/mol. The summed E-state index contributed by atoms with van der Waals surface area (Å²) in [6.45, 7) is 2.07. The van der Waals surface area contributed by atoms with Crippen molar-refractivity contribution in [1.29, 1.82) is 0 Å². The van der Waals surface area contributed by atoms with E-state index in [4.69, 9.17) is 5.11 Å². The molecule has 8 heteroatoms. The molecule has 2 rings (SSSR count). The normalized spacial score (nSPS) is 20.3. The highest BCUT2D eigenvalue weighted by Crippen LogP contribution is 2.33. The van der Waals surface area contributed by atoms with Crippen LogP contribution in [-0.2, 0) is 21.9 Å². The minimum atomic E-state index is -3.61. The van der Waals surface area contributed by atoms with Crippen molar-refractivity contribution >= 4 is 16.0 Å². The van der Waals surface area contributed by atoms with E-state index in [1.165, 1.54) is 16.8 Å². The van der Waals surface area contributed by atoms with Gasteiger partial charge in [-0.25, -0.2) is 13.4 Å². The number of rotatable bonds is 3. The van der Waals surface area contributed by atoms with Crippen LogP contribution in [0.15, 0.2) is 17.6 Å². The summed E-state index contributed by atoms with van der Waals surface area (Å²) in [5.74, 6) is -0.873. The third kappa shape index (κ3) is 2.50. The molecule has 0 amide bonds. The van der Waals surface area contributed by atoms with Crippen molar-refractivity contribution in [2.75, 3.05) is 13.1 Å². The van der Waals surface area contributed by atoms with Gasteiger partial charge in [0.1, 0.15) is 0 Å². The van der Waals surface area contributed by atoms with E-state index in [2.05, 4.69) is 4.98 Å². The number of carboxylic acid groups (broad SMARTS) is 1.